The summed E-state index contributed by atoms with van der Waals surface area (Å²) in [7, 11) is -1.79. The first-order valence-electron chi connectivity index (χ1n) is 9.49. The molecular weight excluding hydrogens is 442 g/mol. The number of carbonyl (C=O) groups excluding carboxylic acids is 2. The largest absolute Gasteiger partial charge is 0.357 e. The van der Waals surface area contributed by atoms with E-state index in [9.17, 15) is 9.59 Å². The molecule has 0 aromatic heterocycles. The van der Waals surface area contributed by atoms with Crippen LogP contribution in [0.25, 0.3) is 0 Å². The van der Waals surface area contributed by atoms with E-state index in [1.807, 2.05) is 37.3 Å². The van der Waals surface area contributed by atoms with E-state index in [-0.39, 0.29) is 29.7 Å². The third-order valence-corrected chi connectivity index (χ3v) is 6.60. The van der Waals surface area contributed by atoms with E-state index < -0.39 is 20.2 Å². The summed E-state index contributed by atoms with van der Waals surface area (Å²) < 4.78 is 12.3. The molecule has 1 saturated heterocycles. The summed E-state index contributed by atoms with van der Waals surface area (Å²) in [5.41, 5.74) is 3.70. The number of amides is 3. The zero-order valence-corrected chi connectivity index (χ0v) is 19.5. The van der Waals surface area contributed by atoms with Crippen molar-refractivity contribution in [2.75, 3.05) is 18.5 Å². The lowest BCUT2D eigenvalue weighted by Crippen LogP contribution is -2.52. The number of rotatable bonds is 8. The van der Waals surface area contributed by atoms with E-state index in [1.54, 1.807) is 0 Å². The molecule has 0 bridgehead atoms. The first kappa shape index (κ1) is 22.9. The maximum absolute atomic E-state index is 12.4. The van der Waals surface area contributed by atoms with Crippen molar-refractivity contribution in [2.24, 2.45) is 0 Å². The number of carbonyl (C=O) groups is 2. The molecule has 7 nitrogen and oxygen atoms in total. The van der Waals surface area contributed by atoms with Crippen LogP contribution >= 0.6 is 15.9 Å². The summed E-state index contributed by atoms with van der Waals surface area (Å²) in [5, 5.41) is 4.39. The zero-order chi connectivity index (χ0) is 20.7. The fourth-order valence-corrected chi connectivity index (χ4v) is 4.55. The number of hydrazine groups is 1. The number of urea groups is 1. The van der Waals surface area contributed by atoms with Crippen molar-refractivity contribution in [1.29, 1.82) is 0 Å². The molecular formula is C19H30BrN3O4Si. The summed E-state index contributed by atoms with van der Waals surface area (Å²) in [6, 6.07) is 9.21. The van der Waals surface area contributed by atoms with Crippen LogP contribution in [0.3, 0.4) is 0 Å². The number of hydrogen-bond acceptors (Lipinski definition) is 4. The predicted octanol–water partition coefficient (Wildman–Crippen LogP) is 2.67. The standard InChI is InChI=1S/C19H30BrN3O4Si/c1-5-26-19(28(2,3)4)27-16-13-23(17(24)12-20)22-18(25)21-15(16)11-14-9-7-6-8-10-14/h6-10,15-16,19H,5,11-13H2,1-4H3,(H2,21,22,25)/t15-,16-,19-/m1/s1. The molecule has 156 valence electrons. The van der Waals surface area contributed by atoms with Crippen molar-refractivity contribution in [3.8, 4) is 0 Å². The highest BCUT2D eigenvalue weighted by atomic mass is 79.9. The highest BCUT2D eigenvalue weighted by Gasteiger charge is 2.38. The van der Waals surface area contributed by atoms with Crippen LogP contribution in [0.5, 0.6) is 0 Å². The molecule has 0 spiro atoms. The number of nitrogens with one attached hydrogen (secondary N) is 2. The van der Waals surface area contributed by atoms with Crippen LogP contribution in [0.1, 0.15) is 12.5 Å². The molecule has 2 N–H and O–H groups in total. The van der Waals surface area contributed by atoms with E-state index in [2.05, 4.69) is 46.3 Å². The topological polar surface area (TPSA) is 79.9 Å². The van der Waals surface area contributed by atoms with Crippen LogP contribution in [-0.4, -0.2) is 61.6 Å². The number of halogens is 1. The third kappa shape index (κ3) is 6.58. The third-order valence-electron chi connectivity index (χ3n) is 4.40. The van der Waals surface area contributed by atoms with Gasteiger partial charge in [0, 0.05) is 6.61 Å². The Morgan fingerprint density at radius 2 is 2.00 bits per heavy atom. The van der Waals surface area contributed by atoms with Crippen LogP contribution in [0, 0.1) is 0 Å². The maximum Gasteiger partial charge on any atom is 0.333 e. The Morgan fingerprint density at radius 3 is 2.57 bits per heavy atom. The second kappa shape index (κ2) is 10.4. The summed E-state index contributed by atoms with van der Waals surface area (Å²) in [6.45, 7) is 9.25. The molecule has 0 aliphatic carbocycles. The van der Waals surface area contributed by atoms with Gasteiger partial charge in [0.15, 0.2) is 0 Å². The molecule has 1 aliphatic heterocycles. The van der Waals surface area contributed by atoms with Crippen LogP contribution in [0.2, 0.25) is 19.6 Å². The van der Waals surface area contributed by atoms with Crippen molar-refractivity contribution in [3.63, 3.8) is 0 Å². The Morgan fingerprint density at radius 1 is 1.32 bits per heavy atom. The first-order chi connectivity index (χ1) is 13.2. The average molecular weight is 472 g/mol. The normalized spacial score (nSPS) is 21.5. The number of nitrogens with zero attached hydrogens (tertiary/aromatic N) is 1. The highest BCUT2D eigenvalue weighted by Crippen LogP contribution is 2.20. The molecule has 9 heteroatoms. The lowest BCUT2D eigenvalue weighted by Gasteiger charge is -2.35. The molecule has 3 amide bonds. The van der Waals surface area contributed by atoms with Gasteiger partial charge in [-0.25, -0.2) is 15.2 Å². The van der Waals surface area contributed by atoms with Crippen molar-refractivity contribution >= 4 is 35.9 Å². The average Bonchev–Trinajstić information content (AvgIpc) is 2.79. The Bertz CT molecular complexity index is 656. The van der Waals surface area contributed by atoms with Crippen LogP contribution in [-0.2, 0) is 20.7 Å². The fraction of sp³-hybridized carbons (Fsp3) is 0.579. The molecule has 3 atom stereocenters. The first-order valence-corrected chi connectivity index (χ1v) is 14.2. The molecule has 2 rings (SSSR count). The summed E-state index contributed by atoms with van der Waals surface area (Å²) in [5.74, 6) is -0.568. The Hall–Kier alpha value is -1.42. The lowest BCUT2D eigenvalue weighted by molar-refractivity contribution is -0.147. The van der Waals surface area contributed by atoms with Gasteiger partial charge in [-0.3, -0.25) is 4.79 Å². The molecule has 0 radical (unpaired) electrons. The van der Waals surface area contributed by atoms with Gasteiger partial charge in [-0.15, -0.1) is 0 Å². The van der Waals surface area contributed by atoms with Crippen LogP contribution < -0.4 is 10.7 Å². The van der Waals surface area contributed by atoms with Crippen LogP contribution in [0.15, 0.2) is 30.3 Å². The van der Waals surface area contributed by atoms with E-state index in [0.29, 0.717) is 13.0 Å². The smallest absolute Gasteiger partial charge is 0.333 e. The minimum absolute atomic E-state index is 0.117. The van der Waals surface area contributed by atoms with Crippen molar-refractivity contribution in [1.82, 2.24) is 15.8 Å². The van der Waals surface area contributed by atoms with E-state index >= 15 is 0 Å². The molecule has 28 heavy (non-hydrogen) atoms. The molecule has 1 heterocycles. The molecule has 1 aliphatic rings. The van der Waals surface area contributed by atoms with Gasteiger partial charge in [0.25, 0.3) is 5.91 Å². The Labute approximate surface area is 176 Å². The number of alkyl halides is 1. The monoisotopic (exact) mass is 471 g/mol. The number of benzene rings is 1. The van der Waals surface area contributed by atoms with Gasteiger partial charge >= 0.3 is 6.03 Å². The molecule has 0 saturated carbocycles. The van der Waals surface area contributed by atoms with Gasteiger partial charge in [-0.2, -0.15) is 0 Å². The van der Waals surface area contributed by atoms with Crippen LogP contribution in [0.4, 0.5) is 4.79 Å². The number of ether oxygens (including phenoxy) is 2. The van der Waals surface area contributed by atoms with E-state index in [4.69, 9.17) is 9.47 Å². The lowest BCUT2D eigenvalue weighted by atomic mass is 10.0. The fourth-order valence-electron chi connectivity index (χ4n) is 3.00. The van der Waals surface area contributed by atoms with Crippen molar-refractivity contribution in [2.45, 2.75) is 51.0 Å². The summed E-state index contributed by atoms with van der Waals surface area (Å²) in [6.07, 6.45) is 0.185. The van der Waals surface area contributed by atoms with Gasteiger partial charge < -0.3 is 14.8 Å². The zero-order valence-electron chi connectivity index (χ0n) is 16.9. The highest BCUT2D eigenvalue weighted by molar-refractivity contribution is 9.09. The summed E-state index contributed by atoms with van der Waals surface area (Å²) >= 11 is 3.17. The maximum atomic E-state index is 12.4. The van der Waals surface area contributed by atoms with E-state index in [0.717, 1.165) is 5.56 Å². The summed E-state index contributed by atoms with van der Waals surface area (Å²) in [4.78, 5) is 24.6. The van der Waals surface area contributed by atoms with Crippen molar-refractivity contribution in [3.05, 3.63) is 35.9 Å². The Kier molecular flexibility index (Phi) is 8.48. The minimum Gasteiger partial charge on any atom is -0.357 e. The Balaban J connectivity index is 2.29. The van der Waals surface area contributed by atoms with Gasteiger partial charge in [-0.1, -0.05) is 65.9 Å². The molecule has 0 unspecified atom stereocenters. The van der Waals surface area contributed by atoms with E-state index in [1.165, 1.54) is 5.01 Å². The SMILES string of the molecule is CCO[C@H](O[C@@H]1CN(C(=O)CBr)NC(=O)N[C@@H]1Cc1ccccc1)[Si](C)(C)C. The van der Waals surface area contributed by atoms with Gasteiger partial charge in [-0.05, 0) is 18.9 Å². The van der Waals surface area contributed by atoms with Gasteiger partial charge in [0.1, 0.15) is 20.1 Å². The molecule has 1 fully saturated rings. The quantitative estimate of drug-likeness (QED) is 0.347. The van der Waals surface area contributed by atoms with Gasteiger partial charge in [0.2, 0.25) is 0 Å². The molecule has 1 aromatic carbocycles. The molecule has 1 aromatic rings. The predicted molar refractivity (Wildman–Crippen MR) is 115 cm³/mol. The van der Waals surface area contributed by atoms with Gasteiger partial charge in [0.05, 0.1) is 17.9 Å². The number of hydrogen-bond donors (Lipinski definition) is 2. The minimum atomic E-state index is -1.79. The second-order valence-electron chi connectivity index (χ2n) is 7.85. The van der Waals surface area contributed by atoms with Crippen molar-refractivity contribution < 1.29 is 19.1 Å². The second-order valence-corrected chi connectivity index (χ2v) is 13.6.